The zero-order valence-electron chi connectivity index (χ0n) is 45.6. The molecule has 3 atom stereocenters. The third-order valence-corrected chi connectivity index (χ3v) is 14.9. The molecule has 4 N–H and O–H groups in total. The Bertz CT molecular complexity index is 3260. The molecule has 4 heterocycles. The van der Waals surface area contributed by atoms with Gasteiger partial charge in [-0.25, -0.2) is 4.79 Å². The molecule has 6 aromatic rings. The first kappa shape index (κ1) is 57.8. The minimum atomic E-state index is -0.805. The number of carbonyl (C=O) groups excluding carboxylic acids is 8. The zero-order valence-corrected chi connectivity index (χ0v) is 46.4. The van der Waals surface area contributed by atoms with E-state index >= 15 is 0 Å². The first-order chi connectivity index (χ1) is 38.6. The number of hydrogen-bond acceptors (Lipinski definition) is 13. The molecule has 420 valence electrons. The van der Waals surface area contributed by atoms with E-state index in [4.69, 9.17) is 18.9 Å². The lowest BCUT2D eigenvalue weighted by Gasteiger charge is -2.26. The van der Waals surface area contributed by atoms with Gasteiger partial charge in [-0.15, -0.1) is 11.3 Å². The van der Waals surface area contributed by atoms with Crippen LogP contribution in [0.25, 0.3) is 10.1 Å². The Labute approximate surface area is 468 Å². The predicted octanol–water partition coefficient (Wildman–Crippen LogP) is 9.87. The van der Waals surface area contributed by atoms with Crippen molar-refractivity contribution >= 4 is 97.1 Å². The first-order valence-corrected chi connectivity index (χ1v) is 27.7. The SMILES string of the molecule is COCCCCC(=O)CCCCC(=O)N[C@H](C)C(=O)C[C@H](C)C(=O)Nc1ccc(OC(=O)N2C[C@@H]3Cc4ccccc4N3C(=O)c3cc(OC)c(OCCCC(=O)Nc4cc(C(=O)Nc5ccc6sccc6c5)n(C)c4)cc32)cc1. The number of thiophene rings is 1. The van der Waals surface area contributed by atoms with Crippen LogP contribution < -0.4 is 45.3 Å². The predicted molar refractivity (Wildman–Crippen MR) is 306 cm³/mol. The summed E-state index contributed by atoms with van der Waals surface area (Å²) >= 11 is 1.62. The highest BCUT2D eigenvalue weighted by atomic mass is 32.1. The molecule has 2 aromatic heterocycles. The molecule has 0 bridgehead atoms. The van der Waals surface area contributed by atoms with Gasteiger partial charge in [0.2, 0.25) is 17.7 Å². The van der Waals surface area contributed by atoms with Crippen LogP contribution in [-0.2, 0) is 42.2 Å². The maximum atomic E-state index is 14.6. The van der Waals surface area contributed by atoms with E-state index in [2.05, 4.69) is 21.3 Å². The molecule has 2 aliphatic heterocycles. The van der Waals surface area contributed by atoms with Crippen molar-refractivity contribution in [1.29, 1.82) is 0 Å². The largest absolute Gasteiger partial charge is 0.493 e. The van der Waals surface area contributed by atoms with E-state index in [1.807, 2.05) is 53.9 Å². The van der Waals surface area contributed by atoms with E-state index in [0.717, 1.165) is 34.2 Å². The third-order valence-electron chi connectivity index (χ3n) is 14.1. The smallest absolute Gasteiger partial charge is 0.419 e. The van der Waals surface area contributed by atoms with E-state index in [-0.39, 0.29) is 103 Å². The second kappa shape index (κ2) is 27.0. The van der Waals surface area contributed by atoms with E-state index in [1.165, 1.54) is 30.2 Å². The molecule has 0 saturated heterocycles. The molecule has 0 unspecified atom stereocenters. The number of amides is 6. The fourth-order valence-corrected chi connectivity index (χ4v) is 10.5. The number of aryl methyl sites for hydroxylation is 1. The molecular formula is C60H67N7O12S. The Morgan fingerprint density at radius 3 is 2.24 bits per heavy atom. The van der Waals surface area contributed by atoms with Crippen LogP contribution in [0, 0.1) is 5.92 Å². The van der Waals surface area contributed by atoms with Gasteiger partial charge in [0, 0.05) is 92.8 Å². The molecule has 4 aromatic carbocycles. The van der Waals surface area contributed by atoms with E-state index in [1.54, 1.807) is 79.3 Å². The number of ketones is 2. The number of Topliss-reactive ketones (excluding diaryl/α,β-unsaturated/α-hetero) is 2. The number of fused-ring (bicyclic) bond motifs is 5. The summed E-state index contributed by atoms with van der Waals surface area (Å²) in [5, 5.41) is 14.3. The van der Waals surface area contributed by atoms with Crippen molar-refractivity contribution in [3.63, 3.8) is 0 Å². The number of anilines is 5. The van der Waals surface area contributed by atoms with Crippen molar-refractivity contribution < 1.29 is 57.3 Å². The van der Waals surface area contributed by atoms with Gasteiger partial charge in [-0.3, -0.25) is 38.5 Å². The highest BCUT2D eigenvalue weighted by molar-refractivity contribution is 7.17. The minimum absolute atomic E-state index is 0.0669. The number of nitrogens with one attached hydrogen (secondary N) is 4. The lowest BCUT2D eigenvalue weighted by molar-refractivity contribution is -0.129. The quantitative estimate of drug-likeness (QED) is 0.0372. The number of para-hydroxylation sites is 1. The summed E-state index contributed by atoms with van der Waals surface area (Å²) in [6.45, 7) is 3.95. The monoisotopic (exact) mass is 1110 g/mol. The Kier molecular flexibility index (Phi) is 19.5. The molecule has 19 nitrogen and oxygen atoms in total. The van der Waals surface area contributed by atoms with Gasteiger partial charge in [-0.2, -0.15) is 0 Å². The van der Waals surface area contributed by atoms with Crippen molar-refractivity contribution in [2.45, 2.75) is 96.6 Å². The van der Waals surface area contributed by atoms with Crippen LogP contribution in [-0.4, -0.2) is 97.8 Å². The minimum Gasteiger partial charge on any atom is -0.493 e. The Morgan fingerprint density at radius 1 is 0.725 bits per heavy atom. The summed E-state index contributed by atoms with van der Waals surface area (Å²) < 4.78 is 25.6. The van der Waals surface area contributed by atoms with Gasteiger partial charge >= 0.3 is 6.09 Å². The van der Waals surface area contributed by atoms with Crippen molar-refractivity contribution in [1.82, 2.24) is 9.88 Å². The second-order valence-corrected chi connectivity index (χ2v) is 21.0. The highest BCUT2D eigenvalue weighted by Crippen LogP contribution is 2.43. The fourth-order valence-electron chi connectivity index (χ4n) is 9.74. The Hall–Kier alpha value is -8.36. The van der Waals surface area contributed by atoms with Gasteiger partial charge in [0.1, 0.15) is 17.2 Å². The summed E-state index contributed by atoms with van der Waals surface area (Å²) in [6, 6.07) is 24.9. The first-order valence-electron chi connectivity index (χ1n) is 26.8. The van der Waals surface area contributed by atoms with Gasteiger partial charge in [-0.05, 0) is 129 Å². The zero-order chi connectivity index (χ0) is 56.9. The molecule has 0 saturated carbocycles. The Morgan fingerprint density at radius 2 is 1.46 bits per heavy atom. The Balaban J connectivity index is 0.854. The number of unbranched alkanes of at least 4 members (excludes halogenated alkanes) is 2. The standard InChI is InChI=1S/C60H67N7O12S/c1-37(29-51(69)38(2)61-55(70)17-9-7-14-45(68)15-10-11-26-76-4)57(72)63-41-19-22-46(23-20-41)79-60(75)66-36-44-31-39-13-6-8-16-48(39)67(44)59(74)47-33-52(77-5)53(34-49(47)66)78-27-12-18-56(71)62-43-32-50(65(3)35-43)58(73)64-42-21-24-54-40(30-42)25-28-80-54/h6,8,13,16,19-25,28,30,32-35,37-38,44H,7,9-12,14-15,17-18,26-27,29,31,36H2,1-5H3,(H,61,70)(H,62,71)(H,63,72)(H,64,73)/t37-,38+,44-/m0/s1. The van der Waals surface area contributed by atoms with Gasteiger partial charge in [0.05, 0.1) is 49.3 Å². The number of ether oxygens (including phenoxy) is 4. The van der Waals surface area contributed by atoms with Crippen LogP contribution in [0.5, 0.6) is 17.2 Å². The van der Waals surface area contributed by atoms with Gasteiger partial charge in [0.15, 0.2) is 17.3 Å². The van der Waals surface area contributed by atoms with Crippen LogP contribution in [0.15, 0.2) is 103 Å². The molecular weight excluding hydrogens is 1040 g/mol. The molecule has 0 radical (unpaired) electrons. The summed E-state index contributed by atoms with van der Waals surface area (Å²) in [5.74, 6) is -1.95. The molecule has 8 rings (SSSR count). The molecule has 0 aliphatic carbocycles. The topological polar surface area (TPSA) is 233 Å². The number of hydrogen-bond donors (Lipinski definition) is 4. The van der Waals surface area contributed by atoms with Gasteiger partial charge < -0.3 is 49.7 Å². The van der Waals surface area contributed by atoms with Crippen molar-refractivity contribution in [3.05, 3.63) is 119 Å². The van der Waals surface area contributed by atoms with Gasteiger partial charge in [0.25, 0.3) is 11.8 Å². The summed E-state index contributed by atoms with van der Waals surface area (Å²) in [7, 11) is 4.79. The van der Waals surface area contributed by atoms with Crippen molar-refractivity contribution in [2.24, 2.45) is 13.0 Å². The maximum absolute atomic E-state index is 14.6. The number of carbonyl (C=O) groups is 8. The average Bonchev–Trinajstić information content (AvgIpc) is 4.16. The van der Waals surface area contributed by atoms with Gasteiger partial charge in [-0.1, -0.05) is 25.1 Å². The van der Waals surface area contributed by atoms with Crippen LogP contribution in [0.3, 0.4) is 0 Å². The number of aromatic nitrogens is 1. The molecule has 2 aliphatic rings. The lowest BCUT2D eigenvalue weighted by Crippen LogP contribution is -2.44. The highest BCUT2D eigenvalue weighted by Gasteiger charge is 2.42. The number of nitrogens with zero attached hydrogens (tertiary/aromatic N) is 3. The van der Waals surface area contributed by atoms with E-state index < -0.39 is 30.0 Å². The summed E-state index contributed by atoms with van der Waals surface area (Å²) in [4.78, 5) is 109. The lowest BCUT2D eigenvalue weighted by atomic mass is 9.99. The molecule has 20 heteroatoms. The second-order valence-electron chi connectivity index (χ2n) is 20.1. The van der Waals surface area contributed by atoms with Crippen LogP contribution in [0.2, 0.25) is 0 Å². The van der Waals surface area contributed by atoms with Crippen molar-refractivity contribution in [3.8, 4) is 17.2 Å². The van der Waals surface area contributed by atoms with E-state index in [9.17, 15) is 38.4 Å². The third kappa shape index (κ3) is 14.7. The van der Waals surface area contributed by atoms with Crippen LogP contribution in [0.1, 0.15) is 104 Å². The summed E-state index contributed by atoms with van der Waals surface area (Å²) in [6.07, 6.45) is 5.39. The fraction of sp³-hybridized carbons (Fsp3) is 0.367. The van der Waals surface area contributed by atoms with E-state index in [0.29, 0.717) is 61.5 Å². The number of benzene rings is 4. The normalized spacial score (nSPS) is 14.2. The number of methoxy groups -OCH3 is 2. The summed E-state index contributed by atoms with van der Waals surface area (Å²) in [5.41, 5.74) is 3.95. The molecule has 80 heavy (non-hydrogen) atoms. The molecule has 0 fully saturated rings. The van der Waals surface area contributed by atoms with Crippen molar-refractivity contribution in [2.75, 3.05) is 59.7 Å². The molecule has 0 spiro atoms. The molecule has 6 amide bonds. The maximum Gasteiger partial charge on any atom is 0.419 e. The van der Waals surface area contributed by atoms with Crippen LogP contribution >= 0.6 is 11.3 Å². The average molecular weight is 1110 g/mol. The van der Waals surface area contributed by atoms with Crippen LogP contribution in [0.4, 0.5) is 33.2 Å². The number of rotatable bonds is 26.